The second-order valence-corrected chi connectivity index (χ2v) is 4.76. The largest absolute Gasteiger partial charge is 0.360 e. The zero-order valence-electron chi connectivity index (χ0n) is 10.3. The first-order chi connectivity index (χ1) is 9.65. The molecule has 2 N–H and O–H groups in total. The van der Waals surface area contributed by atoms with E-state index >= 15 is 0 Å². The Morgan fingerprint density at radius 2 is 2.00 bits per heavy atom. The number of hydrogen-bond donors (Lipinski definition) is 2. The van der Waals surface area contributed by atoms with Crippen molar-refractivity contribution >= 4 is 28.3 Å². The van der Waals surface area contributed by atoms with E-state index in [4.69, 9.17) is 11.6 Å². The Balaban J connectivity index is 1.97. The van der Waals surface area contributed by atoms with Crippen molar-refractivity contribution in [3.63, 3.8) is 0 Å². The molecule has 0 atom stereocenters. The van der Waals surface area contributed by atoms with Crippen LogP contribution in [0.15, 0.2) is 41.5 Å². The summed E-state index contributed by atoms with van der Waals surface area (Å²) in [6.45, 7) is 0. The third kappa shape index (κ3) is 2.23. The quantitative estimate of drug-likeness (QED) is 0.726. The van der Waals surface area contributed by atoms with Crippen molar-refractivity contribution in [2.24, 2.45) is 0 Å². The van der Waals surface area contributed by atoms with E-state index in [2.05, 4.69) is 15.0 Å². The molecule has 0 aliphatic rings. The summed E-state index contributed by atoms with van der Waals surface area (Å²) in [5.74, 6) is -0.137. The third-order valence-electron chi connectivity index (χ3n) is 3.05. The molecule has 2 aromatic heterocycles. The summed E-state index contributed by atoms with van der Waals surface area (Å²) in [6.07, 6.45) is 2.99. The first kappa shape index (κ1) is 12.6. The number of nitrogens with zero attached hydrogens (tertiary/aromatic N) is 1. The summed E-state index contributed by atoms with van der Waals surface area (Å²) < 4.78 is 0. The van der Waals surface area contributed by atoms with Gasteiger partial charge in [0.15, 0.2) is 5.78 Å². The van der Waals surface area contributed by atoms with Crippen LogP contribution in [0.3, 0.4) is 0 Å². The predicted molar refractivity (Wildman–Crippen MR) is 76.2 cm³/mol. The molecule has 0 saturated carbocycles. The molecule has 0 fully saturated rings. The van der Waals surface area contributed by atoms with Gasteiger partial charge in [-0.3, -0.25) is 4.79 Å². The zero-order chi connectivity index (χ0) is 14.1. The second-order valence-electron chi connectivity index (χ2n) is 4.35. The number of halogens is 1. The molecule has 3 aromatic rings. The number of aromatic nitrogens is 3. The molecule has 0 saturated heterocycles. The SMILES string of the molecule is O=C(Cc1nc(=O)[nH]cc1Cl)c1c[nH]c2ccccc12. The predicted octanol–water partition coefficient (Wildman–Crippen LogP) is 2.33. The molecular formula is C14H10ClN3O2. The highest BCUT2D eigenvalue weighted by atomic mass is 35.5. The first-order valence-corrected chi connectivity index (χ1v) is 6.36. The maximum atomic E-state index is 12.3. The Morgan fingerprint density at radius 1 is 1.20 bits per heavy atom. The summed E-state index contributed by atoms with van der Waals surface area (Å²) in [4.78, 5) is 32.6. The second kappa shape index (κ2) is 4.94. The van der Waals surface area contributed by atoms with Crippen LogP contribution in [-0.2, 0) is 6.42 Å². The van der Waals surface area contributed by atoms with Crippen molar-refractivity contribution in [1.82, 2.24) is 15.0 Å². The Hall–Kier alpha value is -2.40. The maximum Gasteiger partial charge on any atom is 0.345 e. The van der Waals surface area contributed by atoms with Gasteiger partial charge in [0.1, 0.15) is 0 Å². The summed E-state index contributed by atoms with van der Waals surface area (Å²) in [7, 11) is 0. The number of hydrogen-bond acceptors (Lipinski definition) is 3. The third-order valence-corrected chi connectivity index (χ3v) is 3.38. The molecule has 100 valence electrons. The molecule has 0 unspecified atom stereocenters. The van der Waals surface area contributed by atoms with Gasteiger partial charge in [0, 0.05) is 28.9 Å². The minimum atomic E-state index is -0.517. The van der Waals surface area contributed by atoms with Gasteiger partial charge in [-0.2, -0.15) is 4.98 Å². The number of nitrogens with one attached hydrogen (secondary N) is 2. The highest BCUT2D eigenvalue weighted by molar-refractivity contribution is 6.31. The number of carbonyl (C=O) groups excluding carboxylic acids is 1. The normalized spacial score (nSPS) is 10.8. The number of Topliss-reactive ketones (excluding diaryl/α,β-unsaturated/α-hetero) is 1. The van der Waals surface area contributed by atoms with Crippen LogP contribution in [0.4, 0.5) is 0 Å². The first-order valence-electron chi connectivity index (χ1n) is 5.98. The van der Waals surface area contributed by atoms with Gasteiger partial charge >= 0.3 is 5.69 Å². The summed E-state index contributed by atoms with van der Waals surface area (Å²) in [5.41, 5.74) is 1.22. The number of carbonyl (C=O) groups is 1. The lowest BCUT2D eigenvalue weighted by Crippen LogP contribution is -2.15. The van der Waals surface area contributed by atoms with Crippen molar-refractivity contribution in [2.45, 2.75) is 6.42 Å². The van der Waals surface area contributed by atoms with Gasteiger partial charge in [-0.05, 0) is 6.07 Å². The van der Waals surface area contributed by atoms with E-state index in [-0.39, 0.29) is 22.9 Å². The van der Waals surface area contributed by atoms with Crippen LogP contribution in [0.5, 0.6) is 0 Å². The van der Waals surface area contributed by atoms with Crippen LogP contribution in [0.1, 0.15) is 16.1 Å². The van der Waals surface area contributed by atoms with E-state index < -0.39 is 5.69 Å². The van der Waals surface area contributed by atoms with Crippen LogP contribution >= 0.6 is 11.6 Å². The van der Waals surface area contributed by atoms with E-state index in [0.717, 1.165) is 10.9 Å². The number of fused-ring (bicyclic) bond motifs is 1. The van der Waals surface area contributed by atoms with Gasteiger partial charge in [0.05, 0.1) is 17.1 Å². The summed E-state index contributed by atoms with van der Waals surface area (Å²) in [6, 6.07) is 7.52. The number of H-pyrrole nitrogens is 2. The number of rotatable bonds is 3. The number of benzene rings is 1. The Morgan fingerprint density at radius 3 is 2.85 bits per heavy atom. The lowest BCUT2D eigenvalue weighted by molar-refractivity contribution is 0.0993. The minimum absolute atomic E-state index is 0.00932. The van der Waals surface area contributed by atoms with Crippen LogP contribution in [0.25, 0.3) is 10.9 Å². The van der Waals surface area contributed by atoms with Gasteiger partial charge < -0.3 is 9.97 Å². The molecule has 0 aliphatic carbocycles. The van der Waals surface area contributed by atoms with Crippen molar-refractivity contribution in [3.05, 3.63) is 63.4 Å². The lowest BCUT2D eigenvalue weighted by atomic mass is 10.1. The standard InChI is InChI=1S/C14H10ClN3O2/c15-10-7-17-14(20)18-12(10)5-13(19)9-6-16-11-4-2-1-3-8(9)11/h1-4,6-7,16H,5H2,(H,17,18,20). The van der Waals surface area contributed by atoms with Crippen LogP contribution < -0.4 is 5.69 Å². The fraction of sp³-hybridized carbons (Fsp3) is 0.0714. The van der Waals surface area contributed by atoms with Crippen molar-refractivity contribution < 1.29 is 4.79 Å². The molecular weight excluding hydrogens is 278 g/mol. The topological polar surface area (TPSA) is 78.6 Å². The molecule has 20 heavy (non-hydrogen) atoms. The average Bonchev–Trinajstić information content (AvgIpc) is 2.87. The Bertz CT molecular complexity index is 851. The van der Waals surface area contributed by atoms with E-state index in [9.17, 15) is 9.59 Å². The number of ketones is 1. The van der Waals surface area contributed by atoms with Crippen molar-refractivity contribution in [3.8, 4) is 0 Å². The Kier molecular flexibility index (Phi) is 3.12. The van der Waals surface area contributed by atoms with E-state index in [1.165, 1.54) is 6.20 Å². The lowest BCUT2D eigenvalue weighted by Gasteiger charge is -2.01. The van der Waals surface area contributed by atoms with Crippen molar-refractivity contribution in [2.75, 3.05) is 0 Å². The van der Waals surface area contributed by atoms with Crippen LogP contribution in [0, 0.1) is 0 Å². The van der Waals surface area contributed by atoms with Gasteiger partial charge in [-0.25, -0.2) is 4.79 Å². The molecule has 0 bridgehead atoms. The molecule has 1 aromatic carbocycles. The maximum absolute atomic E-state index is 12.3. The van der Waals surface area contributed by atoms with Gasteiger partial charge in [-0.15, -0.1) is 0 Å². The fourth-order valence-corrected chi connectivity index (χ4v) is 2.25. The van der Waals surface area contributed by atoms with E-state index in [0.29, 0.717) is 5.56 Å². The van der Waals surface area contributed by atoms with Gasteiger partial charge in [0.2, 0.25) is 0 Å². The molecule has 2 heterocycles. The molecule has 0 spiro atoms. The molecule has 6 heteroatoms. The highest BCUT2D eigenvalue weighted by Gasteiger charge is 2.15. The minimum Gasteiger partial charge on any atom is -0.360 e. The summed E-state index contributed by atoms with van der Waals surface area (Å²) in [5, 5.41) is 1.12. The molecule has 0 amide bonds. The van der Waals surface area contributed by atoms with Gasteiger partial charge in [0.25, 0.3) is 0 Å². The van der Waals surface area contributed by atoms with E-state index in [1.54, 1.807) is 6.20 Å². The van der Waals surface area contributed by atoms with Crippen molar-refractivity contribution in [1.29, 1.82) is 0 Å². The number of para-hydroxylation sites is 1. The zero-order valence-corrected chi connectivity index (χ0v) is 11.1. The fourth-order valence-electron chi connectivity index (χ4n) is 2.09. The van der Waals surface area contributed by atoms with E-state index in [1.807, 2.05) is 24.3 Å². The molecule has 0 aliphatic heterocycles. The monoisotopic (exact) mass is 287 g/mol. The van der Waals surface area contributed by atoms with Crippen LogP contribution in [-0.4, -0.2) is 20.7 Å². The Labute approximate surface area is 118 Å². The summed E-state index contributed by atoms with van der Waals surface area (Å²) >= 11 is 5.93. The number of aromatic amines is 2. The molecule has 5 nitrogen and oxygen atoms in total. The van der Waals surface area contributed by atoms with Gasteiger partial charge in [-0.1, -0.05) is 29.8 Å². The van der Waals surface area contributed by atoms with Crippen LogP contribution in [0.2, 0.25) is 5.02 Å². The molecule has 0 radical (unpaired) electrons. The molecule has 3 rings (SSSR count). The smallest absolute Gasteiger partial charge is 0.345 e. The average molecular weight is 288 g/mol. The highest BCUT2D eigenvalue weighted by Crippen LogP contribution is 2.20.